The van der Waals surface area contributed by atoms with Crippen molar-refractivity contribution in [3.8, 4) is 0 Å². The summed E-state index contributed by atoms with van der Waals surface area (Å²) < 4.78 is 41.4. The summed E-state index contributed by atoms with van der Waals surface area (Å²) in [6.45, 7) is 3.96. The van der Waals surface area contributed by atoms with E-state index in [-0.39, 0.29) is 24.7 Å². The number of aryl methyl sites for hydroxylation is 1. The van der Waals surface area contributed by atoms with E-state index in [1.165, 1.54) is 11.7 Å². The van der Waals surface area contributed by atoms with Crippen molar-refractivity contribution in [1.29, 1.82) is 0 Å². The summed E-state index contributed by atoms with van der Waals surface area (Å²) in [4.78, 5) is 4.12. The molecule has 0 aromatic carbocycles. The maximum absolute atomic E-state index is 13.4. The van der Waals surface area contributed by atoms with Crippen molar-refractivity contribution in [2.75, 3.05) is 13.1 Å². The van der Waals surface area contributed by atoms with Crippen LogP contribution in [0.5, 0.6) is 0 Å². The van der Waals surface area contributed by atoms with E-state index in [2.05, 4.69) is 15.4 Å². The fraction of sp³-hybridized carbons (Fsp3) is 0.818. The quantitative estimate of drug-likeness (QED) is 0.882. The van der Waals surface area contributed by atoms with E-state index in [1.807, 2.05) is 13.8 Å². The van der Waals surface area contributed by atoms with Crippen molar-refractivity contribution < 1.29 is 13.2 Å². The van der Waals surface area contributed by atoms with Crippen molar-refractivity contribution in [2.45, 2.75) is 37.8 Å². The van der Waals surface area contributed by atoms with Gasteiger partial charge in [-0.2, -0.15) is 18.3 Å². The second kappa shape index (κ2) is 4.22. The fourth-order valence-electron chi connectivity index (χ4n) is 2.32. The molecule has 0 bridgehead atoms. The molecule has 0 amide bonds. The summed E-state index contributed by atoms with van der Waals surface area (Å²) in [5.41, 5.74) is -1.90. The van der Waals surface area contributed by atoms with Gasteiger partial charge < -0.3 is 5.32 Å². The highest BCUT2D eigenvalue weighted by Crippen LogP contribution is 2.44. The number of alkyl halides is 3. The van der Waals surface area contributed by atoms with Crippen LogP contribution in [0.1, 0.15) is 37.8 Å². The Kier molecular flexibility index (Phi) is 3.12. The second-order valence-electron chi connectivity index (χ2n) is 5.08. The average molecular weight is 262 g/mol. The lowest BCUT2D eigenvalue weighted by Gasteiger charge is -2.29. The van der Waals surface area contributed by atoms with Crippen molar-refractivity contribution in [3.05, 3.63) is 11.6 Å². The molecule has 4 nitrogen and oxygen atoms in total. The molecule has 1 aliphatic rings. The minimum atomic E-state index is -4.31. The van der Waals surface area contributed by atoms with Crippen molar-refractivity contribution in [1.82, 2.24) is 20.1 Å². The van der Waals surface area contributed by atoms with E-state index < -0.39 is 11.6 Å². The number of hydrogen-bond acceptors (Lipinski definition) is 3. The van der Waals surface area contributed by atoms with Gasteiger partial charge in [0.05, 0.1) is 0 Å². The lowest BCUT2D eigenvalue weighted by molar-refractivity contribution is -0.187. The van der Waals surface area contributed by atoms with Crippen molar-refractivity contribution in [2.24, 2.45) is 7.05 Å². The van der Waals surface area contributed by atoms with E-state index in [0.717, 1.165) is 0 Å². The van der Waals surface area contributed by atoms with Gasteiger partial charge in [0.25, 0.3) is 0 Å². The van der Waals surface area contributed by atoms with Crippen LogP contribution in [0.15, 0.2) is 0 Å². The highest BCUT2D eigenvalue weighted by atomic mass is 19.4. The first kappa shape index (κ1) is 13.3. The van der Waals surface area contributed by atoms with Gasteiger partial charge in [-0.05, 0) is 13.0 Å². The molecule has 1 atom stereocenters. The normalized spacial score (nSPS) is 25.1. The predicted octanol–water partition coefficient (Wildman–Crippen LogP) is 1.73. The van der Waals surface area contributed by atoms with Gasteiger partial charge in [0.15, 0.2) is 5.82 Å². The minimum absolute atomic E-state index is 0.0145. The maximum Gasteiger partial charge on any atom is 0.402 e. The molecule has 1 fully saturated rings. The Morgan fingerprint density at radius 3 is 2.44 bits per heavy atom. The molecular formula is C11H17F3N4. The van der Waals surface area contributed by atoms with Crippen LogP contribution in [-0.4, -0.2) is 34.0 Å². The molecule has 2 rings (SSSR count). The van der Waals surface area contributed by atoms with Crippen LogP contribution in [0.3, 0.4) is 0 Å². The van der Waals surface area contributed by atoms with Crippen LogP contribution in [0.2, 0.25) is 0 Å². The summed E-state index contributed by atoms with van der Waals surface area (Å²) in [6.07, 6.45) is -4.30. The molecule has 0 aliphatic carbocycles. The maximum atomic E-state index is 13.4. The molecule has 7 heteroatoms. The number of rotatable bonds is 2. The lowest BCUT2D eigenvalue weighted by Crippen LogP contribution is -2.46. The number of halogens is 3. The summed E-state index contributed by atoms with van der Waals surface area (Å²) in [6, 6.07) is 0. The van der Waals surface area contributed by atoms with E-state index >= 15 is 0 Å². The SMILES string of the molecule is CC(C)c1nc(C2(C(F)(F)F)CCNC2)n(C)n1. The monoisotopic (exact) mass is 262 g/mol. The van der Waals surface area contributed by atoms with Gasteiger partial charge in [0.2, 0.25) is 0 Å². The molecular weight excluding hydrogens is 245 g/mol. The molecule has 0 saturated carbocycles. The number of hydrogen-bond donors (Lipinski definition) is 1. The van der Waals surface area contributed by atoms with Gasteiger partial charge in [0, 0.05) is 19.5 Å². The predicted molar refractivity (Wildman–Crippen MR) is 60.3 cm³/mol. The van der Waals surface area contributed by atoms with E-state index in [9.17, 15) is 13.2 Å². The van der Waals surface area contributed by atoms with Crippen LogP contribution in [0.4, 0.5) is 13.2 Å². The number of aromatic nitrogens is 3. The molecule has 1 N–H and O–H groups in total. The first-order chi connectivity index (χ1) is 8.28. The molecule has 1 unspecified atom stereocenters. The Morgan fingerprint density at radius 2 is 2.06 bits per heavy atom. The van der Waals surface area contributed by atoms with Crippen molar-refractivity contribution in [3.63, 3.8) is 0 Å². The molecule has 0 radical (unpaired) electrons. The zero-order valence-electron chi connectivity index (χ0n) is 10.7. The van der Waals surface area contributed by atoms with Crippen LogP contribution in [0.25, 0.3) is 0 Å². The zero-order valence-corrected chi connectivity index (χ0v) is 10.7. The molecule has 0 spiro atoms. The largest absolute Gasteiger partial charge is 0.402 e. The van der Waals surface area contributed by atoms with Gasteiger partial charge in [0.1, 0.15) is 11.2 Å². The Bertz CT molecular complexity index is 430. The van der Waals surface area contributed by atoms with Crippen LogP contribution in [-0.2, 0) is 12.5 Å². The van der Waals surface area contributed by atoms with Gasteiger partial charge in [-0.3, -0.25) is 4.68 Å². The van der Waals surface area contributed by atoms with Gasteiger partial charge in [-0.25, -0.2) is 4.98 Å². The van der Waals surface area contributed by atoms with Gasteiger partial charge in [-0.15, -0.1) is 0 Å². The molecule has 1 aromatic heterocycles. The van der Waals surface area contributed by atoms with Gasteiger partial charge >= 0.3 is 6.18 Å². The Morgan fingerprint density at radius 1 is 1.39 bits per heavy atom. The standard InChI is InChI=1S/C11H17F3N4/c1-7(2)8-16-9(18(3)17-8)10(11(12,13)14)4-5-15-6-10/h7,15H,4-6H2,1-3H3. The third-order valence-corrected chi connectivity index (χ3v) is 3.42. The third-order valence-electron chi connectivity index (χ3n) is 3.42. The first-order valence-electron chi connectivity index (χ1n) is 5.97. The smallest absolute Gasteiger partial charge is 0.315 e. The molecule has 1 aromatic rings. The van der Waals surface area contributed by atoms with Crippen LogP contribution < -0.4 is 5.32 Å². The topological polar surface area (TPSA) is 42.7 Å². The number of nitrogens with one attached hydrogen (secondary N) is 1. The van der Waals surface area contributed by atoms with E-state index in [4.69, 9.17) is 0 Å². The Labute approximate surface area is 104 Å². The van der Waals surface area contributed by atoms with E-state index in [0.29, 0.717) is 12.4 Å². The lowest BCUT2D eigenvalue weighted by atomic mass is 9.85. The molecule has 2 heterocycles. The van der Waals surface area contributed by atoms with Crippen LogP contribution >= 0.6 is 0 Å². The highest BCUT2D eigenvalue weighted by molar-refractivity contribution is 5.18. The van der Waals surface area contributed by atoms with Gasteiger partial charge in [-0.1, -0.05) is 13.8 Å². The number of nitrogens with zero attached hydrogens (tertiary/aromatic N) is 3. The third kappa shape index (κ3) is 1.90. The summed E-state index contributed by atoms with van der Waals surface area (Å²) in [5, 5.41) is 6.87. The van der Waals surface area contributed by atoms with E-state index in [1.54, 1.807) is 0 Å². The Balaban J connectivity index is 2.50. The minimum Gasteiger partial charge on any atom is -0.315 e. The Hall–Kier alpha value is -1.11. The summed E-state index contributed by atoms with van der Waals surface area (Å²) >= 11 is 0. The van der Waals surface area contributed by atoms with Crippen LogP contribution in [0, 0.1) is 0 Å². The summed E-state index contributed by atoms with van der Waals surface area (Å²) in [5.74, 6) is 0.497. The fourth-order valence-corrected chi connectivity index (χ4v) is 2.32. The molecule has 18 heavy (non-hydrogen) atoms. The highest BCUT2D eigenvalue weighted by Gasteiger charge is 2.60. The zero-order chi connectivity index (χ0) is 13.6. The van der Waals surface area contributed by atoms with Crippen molar-refractivity contribution >= 4 is 0 Å². The summed E-state index contributed by atoms with van der Waals surface area (Å²) in [7, 11) is 1.53. The average Bonchev–Trinajstić information content (AvgIpc) is 2.82. The first-order valence-corrected chi connectivity index (χ1v) is 5.97. The molecule has 102 valence electrons. The second-order valence-corrected chi connectivity index (χ2v) is 5.08. The molecule has 1 saturated heterocycles. The molecule has 1 aliphatic heterocycles.